The maximum absolute atomic E-state index is 10.3. The molecule has 0 aromatic carbocycles. The molecule has 2 N–H and O–H groups in total. The zero-order valence-corrected chi connectivity index (χ0v) is 7.17. The summed E-state index contributed by atoms with van der Waals surface area (Å²) in [4.78, 5) is 13.5. The molecule has 0 radical (unpaired) electrons. The number of aromatic nitrogens is 1. The Balaban J connectivity index is 0.00000121. The lowest BCUT2D eigenvalue weighted by Crippen LogP contribution is -1.96. The first-order valence-electron chi connectivity index (χ1n) is 2.98. The minimum atomic E-state index is -0.501. The van der Waals surface area contributed by atoms with Crippen LogP contribution in [0.25, 0.3) is 0 Å². The molecule has 0 unspecified atom stereocenters. The van der Waals surface area contributed by atoms with Crippen molar-refractivity contribution < 1.29 is 4.92 Å². The molecule has 6 heteroatoms. The molecule has 0 aliphatic rings. The summed E-state index contributed by atoms with van der Waals surface area (Å²) in [6.45, 7) is 1.57. The summed E-state index contributed by atoms with van der Waals surface area (Å²) >= 11 is 0. The number of hydrogen-bond donors (Lipinski definition) is 1. The van der Waals surface area contributed by atoms with Crippen LogP contribution in [-0.4, -0.2) is 9.91 Å². The number of nitrogen functional groups attached to an aromatic ring is 1. The van der Waals surface area contributed by atoms with Crippen molar-refractivity contribution >= 4 is 23.8 Å². The lowest BCUT2D eigenvalue weighted by atomic mass is 10.3. The molecule has 1 aromatic heterocycles. The molecule has 0 saturated carbocycles. The van der Waals surface area contributed by atoms with Crippen LogP contribution < -0.4 is 5.73 Å². The van der Waals surface area contributed by atoms with Crippen LogP contribution in [0.1, 0.15) is 5.69 Å². The lowest BCUT2D eigenvalue weighted by molar-refractivity contribution is -0.385. The van der Waals surface area contributed by atoms with Crippen LogP contribution in [0.4, 0.5) is 11.4 Å². The second kappa shape index (κ2) is 3.87. The van der Waals surface area contributed by atoms with Crippen molar-refractivity contribution in [3.8, 4) is 0 Å². The van der Waals surface area contributed by atoms with E-state index in [1.807, 2.05) is 0 Å². The normalized spacial score (nSPS) is 8.75. The Morgan fingerprint density at radius 1 is 1.67 bits per heavy atom. The smallest absolute Gasteiger partial charge is 0.292 e. The van der Waals surface area contributed by atoms with Gasteiger partial charge in [-0.25, -0.2) is 0 Å². The minimum Gasteiger partial charge on any atom is -0.397 e. The van der Waals surface area contributed by atoms with Gasteiger partial charge in [0.15, 0.2) is 0 Å². The first kappa shape index (κ1) is 10.6. The summed E-state index contributed by atoms with van der Waals surface area (Å²) in [6.07, 6.45) is 1.39. The highest BCUT2D eigenvalue weighted by atomic mass is 35.5. The van der Waals surface area contributed by atoms with Crippen LogP contribution in [0, 0.1) is 17.0 Å². The number of anilines is 1. The van der Waals surface area contributed by atoms with Crippen molar-refractivity contribution in [1.82, 2.24) is 4.98 Å². The molecule has 12 heavy (non-hydrogen) atoms. The molecule has 66 valence electrons. The average molecular weight is 190 g/mol. The van der Waals surface area contributed by atoms with Gasteiger partial charge in [-0.15, -0.1) is 12.4 Å². The molecule has 1 heterocycles. The zero-order chi connectivity index (χ0) is 8.43. The summed E-state index contributed by atoms with van der Waals surface area (Å²) in [7, 11) is 0. The van der Waals surface area contributed by atoms with Gasteiger partial charge in [-0.05, 0) is 6.92 Å². The quantitative estimate of drug-likeness (QED) is 0.533. The Labute approximate surface area is 75.2 Å². The summed E-state index contributed by atoms with van der Waals surface area (Å²) in [6, 6.07) is 1.29. The van der Waals surface area contributed by atoms with Crippen LogP contribution in [0.2, 0.25) is 0 Å². The average Bonchev–Trinajstić information content (AvgIpc) is 1.94. The fourth-order valence-corrected chi connectivity index (χ4v) is 0.722. The third kappa shape index (κ3) is 2.06. The van der Waals surface area contributed by atoms with E-state index >= 15 is 0 Å². The van der Waals surface area contributed by atoms with E-state index in [1.54, 1.807) is 6.92 Å². The highest BCUT2D eigenvalue weighted by molar-refractivity contribution is 5.85. The Bertz CT molecular complexity index is 303. The number of rotatable bonds is 1. The molecule has 0 aliphatic heterocycles. The van der Waals surface area contributed by atoms with E-state index in [0.717, 1.165) is 0 Å². The van der Waals surface area contributed by atoms with Crippen molar-refractivity contribution in [2.75, 3.05) is 5.73 Å². The molecular weight excluding hydrogens is 182 g/mol. The predicted molar refractivity (Wildman–Crippen MR) is 47.3 cm³/mol. The molecule has 1 aromatic rings. The van der Waals surface area contributed by atoms with E-state index in [9.17, 15) is 10.1 Å². The van der Waals surface area contributed by atoms with Crippen molar-refractivity contribution in [2.45, 2.75) is 6.92 Å². The van der Waals surface area contributed by atoms with Crippen LogP contribution in [0.5, 0.6) is 0 Å². The largest absolute Gasteiger partial charge is 0.397 e. The summed E-state index contributed by atoms with van der Waals surface area (Å²) in [5.74, 6) is 0. The van der Waals surface area contributed by atoms with Crippen molar-refractivity contribution in [1.29, 1.82) is 0 Å². The van der Waals surface area contributed by atoms with Gasteiger partial charge in [0.25, 0.3) is 5.69 Å². The third-order valence-corrected chi connectivity index (χ3v) is 1.28. The minimum absolute atomic E-state index is 0. The lowest BCUT2D eigenvalue weighted by Gasteiger charge is -1.95. The molecule has 1 rings (SSSR count). The fourth-order valence-electron chi connectivity index (χ4n) is 0.722. The second-order valence-electron chi connectivity index (χ2n) is 2.13. The number of halogens is 1. The van der Waals surface area contributed by atoms with E-state index in [-0.39, 0.29) is 18.1 Å². The maximum atomic E-state index is 10.3. The van der Waals surface area contributed by atoms with E-state index in [4.69, 9.17) is 5.73 Å². The number of nitrogens with zero attached hydrogens (tertiary/aromatic N) is 2. The molecule has 0 aliphatic carbocycles. The fraction of sp³-hybridized carbons (Fsp3) is 0.167. The predicted octanol–water partition coefficient (Wildman–Crippen LogP) is 1.30. The van der Waals surface area contributed by atoms with E-state index < -0.39 is 4.92 Å². The molecule has 0 amide bonds. The summed E-state index contributed by atoms with van der Waals surface area (Å²) in [5.41, 5.74) is 5.95. The number of hydrogen-bond acceptors (Lipinski definition) is 4. The molecule has 0 fully saturated rings. The van der Waals surface area contributed by atoms with E-state index in [1.165, 1.54) is 12.3 Å². The number of aryl methyl sites for hydroxylation is 1. The maximum Gasteiger partial charge on any atom is 0.292 e. The van der Waals surface area contributed by atoms with Gasteiger partial charge in [0.05, 0.1) is 16.8 Å². The van der Waals surface area contributed by atoms with E-state index in [2.05, 4.69) is 4.98 Å². The van der Waals surface area contributed by atoms with Gasteiger partial charge in [-0.3, -0.25) is 15.1 Å². The Morgan fingerprint density at radius 3 is 2.67 bits per heavy atom. The molecule has 0 spiro atoms. The Kier molecular flexibility index (Phi) is 3.43. The highest BCUT2D eigenvalue weighted by Gasteiger charge is 2.10. The van der Waals surface area contributed by atoms with E-state index in [0.29, 0.717) is 11.4 Å². The van der Waals surface area contributed by atoms with Gasteiger partial charge < -0.3 is 5.73 Å². The van der Waals surface area contributed by atoms with Crippen molar-refractivity contribution in [3.63, 3.8) is 0 Å². The Morgan fingerprint density at radius 2 is 2.25 bits per heavy atom. The van der Waals surface area contributed by atoms with Crippen LogP contribution in [0.3, 0.4) is 0 Å². The first-order chi connectivity index (χ1) is 5.11. The SMILES string of the molecule is Cc1ncc(N)cc1[N+](=O)[O-].Cl. The number of nitrogens with two attached hydrogens (primary N) is 1. The van der Waals surface area contributed by atoms with Gasteiger partial charge in [-0.2, -0.15) is 0 Å². The third-order valence-electron chi connectivity index (χ3n) is 1.28. The molecule has 0 atom stereocenters. The molecule has 0 bridgehead atoms. The van der Waals surface area contributed by atoms with Crippen LogP contribution in [-0.2, 0) is 0 Å². The highest BCUT2D eigenvalue weighted by Crippen LogP contribution is 2.17. The topological polar surface area (TPSA) is 82.0 Å². The summed E-state index contributed by atoms with van der Waals surface area (Å²) < 4.78 is 0. The summed E-state index contributed by atoms with van der Waals surface area (Å²) in [5, 5.41) is 10.3. The second-order valence-corrected chi connectivity index (χ2v) is 2.13. The van der Waals surface area contributed by atoms with Gasteiger partial charge >= 0.3 is 0 Å². The monoisotopic (exact) mass is 189 g/mol. The standard InChI is InChI=1S/C6H7N3O2.ClH/c1-4-6(9(10)11)2-5(7)3-8-4;/h2-3H,7H2,1H3;1H. The number of nitro groups is 1. The van der Waals surface area contributed by atoms with Crippen LogP contribution in [0.15, 0.2) is 12.3 Å². The molecule has 5 nitrogen and oxygen atoms in total. The first-order valence-corrected chi connectivity index (χ1v) is 2.98. The molecular formula is C6H8ClN3O2. The van der Waals surface area contributed by atoms with Crippen LogP contribution >= 0.6 is 12.4 Å². The van der Waals surface area contributed by atoms with Gasteiger partial charge in [-0.1, -0.05) is 0 Å². The number of pyridine rings is 1. The molecule has 0 saturated heterocycles. The van der Waals surface area contributed by atoms with Gasteiger partial charge in [0.1, 0.15) is 5.69 Å². The van der Waals surface area contributed by atoms with Crippen molar-refractivity contribution in [3.05, 3.63) is 28.1 Å². The Hall–Kier alpha value is -1.36. The zero-order valence-electron chi connectivity index (χ0n) is 6.35. The van der Waals surface area contributed by atoms with Crippen molar-refractivity contribution in [2.24, 2.45) is 0 Å². The van der Waals surface area contributed by atoms with Gasteiger partial charge in [0.2, 0.25) is 0 Å². The van der Waals surface area contributed by atoms with Gasteiger partial charge in [0, 0.05) is 6.07 Å².